The molecule has 1 aromatic carbocycles. The highest BCUT2D eigenvalue weighted by Crippen LogP contribution is 2.28. The first-order chi connectivity index (χ1) is 8.56. The number of nitrogens with two attached hydrogens (primary N) is 1. The van der Waals surface area contributed by atoms with Gasteiger partial charge in [0, 0.05) is 17.8 Å². The molecule has 2 heterocycles. The van der Waals surface area contributed by atoms with E-state index in [-0.39, 0.29) is 18.2 Å². The molecule has 3 amide bonds. The summed E-state index contributed by atoms with van der Waals surface area (Å²) in [5, 5.41) is 2.21. The van der Waals surface area contributed by atoms with E-state index in [1.807, 2.05) is 0 Å². The molecule has 1 unspecified atom stereocenters. The van der Waals surface area contributed by atoms with E-state index in [0.29, 0.717) is 17.8 Å². The Hall–Kier alpha value is -2.37. The first kappa shape index (κ1) is 10.8. The van der Waals surface area contributed by atoms with Crippen molar-refractivity contribution in [1.82, 2.24) is 10.2 Å². The predicted molar refractivity (Wildman–Crippen MR) is 62.3 cm³/mol. The molecule has 0 radical (unpaired) electrons. The first-order valence-corrected chi connectivity index (χ1v) is 5.59. The van der Waals surface area contributed by atoms with Gasteiger partial charge in [-0.15, -0.1) is 0 Å². The molecule has 0 spiro atoms. The summed E-state index contributed by atoms with van der Waals surface area (Å²) in [7, 11) is 0. The lowest BCUT2D eigenvalue weighted by molar-refractivity contribution is -0.126. The van der Waals surface area contributed by atoms with Crippen LogP contribution in [-0.2, 0) is 16.1 Å². The average Bonchev–Trinajstić information content (AvgIpc) is 2.80. The van der Waals surface area contributed by atoms with E-state index < -0.39 is 11.9 Å². The number of carbonyl (C=O) groups is 3. The van der Waals surface area contributed by atoms with Crippen LogP contribution in [0.2, 0.25) is 0 Å². The SMILES string of the molecule is Nc1ccc2c(c1)C(=O)N(C1CC(=O)NC1=O)C2. The highest BCUT2D eigenvalue weighted by atomic mass is 16.2. The second kappa shape index (κ2) is 3.56. The van der Waals surface area contributed by atoms with E-state index in [4.69, 9.17) is 5.73 Å². The van der Waals surface area contributed by atoms with E-state index in [1.54, 1.807) is 18.2 Å². The molecule has 0 bridgehead atoms. The van der Waals surface area contributed by atoms with E-state index in [0.717, 1.165) is 5.56 Å². The molecular formula is C12H11N3O3. The van der Waals surface area contributed by atoms with Crippen molar-refractivity contribution in [3.05, 3.63) is 29.3 Å². The number of nitrogen functional groups attached to an aromatic ring is 1. The van der Waals surface area contributed by atoms with Gasteiger partial charge in [0.1, 0.15) is 6.04 Å². The number of amides is 3. The first-order valence-electron chi connectivity index (χ1n) is 5.59. The summed E-state index contributed by atoms with van der Waals surface area (Å²) in [6.45, 7) is 0.347. The molecule has 3 rings (SSSR count). The topological polar surface area (TPSA) is 92.5 Å². The van der Waals surface area contributed by atoms with Crippen LogP contribution in [0.25, 0.3) is 0 Å². The van der Waals surface area contributed by atoms with Crippen molar-refractivity contribution in [3.8, 4) is 0 Å². The van der Waals surface area contributed by atoms with Crippen molar-refractivity contribution < 1.29 is 14.4 Å². The number of carbonyl (C=O) groups excluding carboxylic acids is 3. The van der Waals surface area contributed by atoms with Gasteiger partial charge in [0.15, 0.2) is 0 Å². The molecule has 18 heavy (non-hydrogen) atoms. The maximum Gasteiger partial charge on any atom is 0.255 e. The molecule has 1 aromatic rings. The number of rotatable bonds is 1. The van der Waals surface area contributed by atoms with E-state index in [1.165, 1.54) is 4.90 Å². The zero-order valence-electron chi connectivity index (χ0n) is 9.47. The lowest BCUT2D eigenvalue weighted by Gasteiger charge is -2.20. The molecule has 2 aliphatic heterocycles. The zero-order chi connectivity index (χ0) is 12.9. The summed E-state index contributed by atoms with van der Waals surface area (Å²) in [5.41, 5.74) is 7.50. The van der Waals surface area contributed by atoms with Gasteiger partial charge in [0.25, 0.3) is 5.91 Å². The minimum absolute atomic E-state index is 0.0358. The minimum atomic E-state index is -0.696. The van der Waals surface area contributed by atoms with Crippen LogP contribution in [0.5, 0.6) is 0 Å². The second-order valence-corrected chi connectivity index (χ2v) is 4.48. The van der Waals surface area contributed by atoms with Crippen molar-refractivity contribution >= 4 is 23.4 Å². The van der Waals surface area contributed by atoms with Gasteiger partial charge < -0.3 is 10.6 Å². The molecule has 1 saturated heterocycles. The molecule has 6 nitrogen and oxygen atoms in total. The molecule has 6 heteroatoms. The molecule has 0 aliphatic carbocycles. The lowest BCUT2D eigenvalue weighted by atomic mass is 10.1. The van der Waals surface area contributed by atoms with Crippen LogP contribution in [0, 0.1) is 0 Å². The predicted octanol–water partition coefficient (Wildman–Crippen LogP) is -0.360. The Morgan fingerprint density at radius 2 is 2.06 bits per heavy atom. The number of imide groups is 1. The fraction of sp³-hybridized carbons (Fsp3) is 0.250. The van der Waals surface area contributed by atoms with Crippen LogP contribution < -0.4 is 11.1 Å². The van der Waals surface area contributed by atoms with Crippen LogP contribution in [0.3, 0.4) is 0 Å². The molecule has 2 aliphatic rings. The van der Waals surface area contributed by atoms with Crippen LogP contribution in [0.15, 0.2) is 18.2 Å². The van der Waals surface area contributed by atoms with Gasteiger partial charge >= 0.3 is 0 Å². The van der Waals surface area contributed by atoms with Crippen molar-refractivity contribution in [3.63, 3.8) is 0 Å². The van der Waals surface area contributed by atoms with Crippen molar-refractivity contribution in [1.29, 1.82) is 0 Å². The smallest absolute Gasteiger partial charge is 0.255 e. The average molecular weight is 245 g/mol. The Bertz CT molecular complexity index is 582. The summed E-state index contributed by atoms with van der Waals surface area (Å²) in [6, 6.07) is 4.40. The number of hydrogen-bond donors (Lipinski definition) is 2. The molecule has 0 aromatic heterocycles. The third-order valence-electron chi connectivity index (χ3n) is 3.29. The van der Waals surface area contributed by atoms with Gasteiger partial charge in [0.2, 0.25) is 11.8 Å². The largest absolute Gasteiger partial charge is 0.399 e. The quantitative estimate of drug-likeness (QED) is 0.522. The third kappa shape index (κ3) is 1.46. The van der Waals surface area contributed by atoms with Crippen LogP contribution in [0.1, 0.15) is 22.3 Å². The minimum Gasteiger partial charge on any atom is -0.399 e. The Kier molecular flexibility index (Phi) is 2.13. The summed E-state index contributed by atoms with van der Waals surface area (Å²) < 4.78 is 0. The van der Waals surface area contributed by atoms with Crippen molar-refractivity contribution in [2.75, 3.05) is 5.73 Å². The van der Waals surface area contributed by atoms with Crippen LogP contribution in [0.4, 0.5) is 5.69 Å². The molecular weight excluding hydrogens is 234 g/mol. The summed E-state index contributed by atoms with van der Waals surface area (Å²) >= 11 is 0. The third-order valence-corrected chi connectivity index (χ3v) is 3.29. The number of fused-ring (bicyclic) bond motifs is 1. The maximum absolute atomic E-state index is 12.2. The standard InChI is InChI=1S/C12H11N3O3/c13-7-2-1-6-5-15(12(18)8(6)3-7)9-4-10(16)14-11(9)17/h1-3,9H,4-5,13H2,(H,14,16,17). The Labute approximate surface area is 103 Å². The second-order valence-electron chi connectivity index (χ2n) is 4.48. The molecule has 0 saturated carbocycles. The lowest BCUT2D eigenvalue weighted by Crippen LogP contribution is -2.40. The van der Waals surface area contributed by atoms with Crippen LogP contribution >= 0.6 is 0 Å². The fourth-order valence-electron chi connectivity index (χ4n) is 2.38. The Morgan fingerprint density at radius 1 is 1.28 bits per heavy atom. The number of anilines is 1. The number of hydrogen-bond acceptors (Lipinski definition) is 4. The van der Waals surface area contributed by atoms with Crippen molar-refractivity contribution in [2.24, 2.45) is 0 Å². The molecule has 92 valence electrons. The van der Waals surface area contributed by atoms with E-state index in [2.05, 4.69) is 5.32 Å². The maximum atomic E-state index is 12.2. The summed E-state index contributed by atoms with van der Waals surface area (Å²) in [5.74, 6) is -0.991. The summed E-state index contributed by atoms with van der Waals surface area (Å²) in [6.07, 6.45) is 0.0358. The normalized spacial score (nSPS) is 22.3. The van der Waals surface area contributed by atoms with Gasteiger partial charge in [-0.1, -0.05) is 6.07 Å². The van der Waals surface area contributed by atoms with Gasteiger partial charge in [-0.25, -0.2) is 0 Å². The number of benzene rings is 1. The highest BCUT2D eigenvalue weighted by molar-refractivity contribution is 6.09. The van der Waals surface area contributed by atoms with Gasteiger partial charge in [-0.05, 0) is 17.7 Å². The van der Waals surface area contributed by atoms with E-state index >= 15 is 0 Å². The van der Waals surface area contributed by atoms with Crippen molar-refractivity contribution in [2.45, 2.75) is 19.0 Å². The highest BCUT2D eigenvalue weighted by Gasteiger charge is 2.41. The number of nitrogens with one attached hydrogen (secondary N) is 1. The van der Waals surface area contributed by atoms with Gasteiger partial charge in [-0.2, -0.15) is 0 Å². The number of nitrogens with zero attached hydrogens (tertiary/aromatic N) is 1. The summed E-state index contributed by atoms with van der Waals surface area (Å²) in [4.78, 5) is 36.3. The fourth-order valence-corrected chi connectivity index (χ4v) is 2.38. The molecule has 3 N–H and O–H groups in total. The Balaban J connectivity index is 1.93. The zero-order valence-corrected chi connectivity index (χ0v) is 9.47. The van der Waals surface area contributed by atoms with Crippen LogP contribution in [-0.4, -0.2) is 28.7 Å². The molecule has 1 fully saturated rings. The van der Waals surface area contributed by atoms with Gasteiger partial charge in [0.05, 0.1) is 6.42 Å². The molecule has 1 atom stereocenters. The Morgan fingerprint density at radius 3 is 2.72 bits per heavy atom. The van der Waals surface area contributed by atoms with Gasteiger partial charge in [-0.3, -0.25) is 19.7 Å². The van der Waals surface area contributed by atoms with E-state index in [9.17, 15) is 14.4 Å². The monoisotopic (exact) mass is 245 g/mol.